The normalized spacial score (nSPS) is 10.8. The van der Waals surface area contributed by atoms with Gasteiger partial charge in [0.1, 0.15) is 11.5 Å². The SMILES string of the molecule is COc1ccc(/C=N\OCC(=O)NCCCCNC(=O)CO/N=C\c2ccc(OC)cc2)cc1. The lowest BCUT2D eigenvalue weighted by Crippen LogP contribution is -2.30. The molecule has 0 fully saturated rings. The van der Waals surface area contributed by atoms with E-state index < -0.39 is 0 Å². The van der Waals surface area contributed by atoms with E-state index in [2.05, 4.69) is 20.9 Å². The summed E-state index contributed by atoms with van der Waals surface area (Å²) in [4.78, 5) is 33.4. The molecular formula is C24H30N4O6. The predicted octanol–water partition coefficient (Wildman–Crippen LogP) is 2.12. The maximum absolute atomic E-state index is 11.7. The summed E-state index contributed by atoms with van der Waals surface area (Å²) in [7, 11) is 3.19. The highest BCUT2D eigenvalue weighted by Gasteiger charge is 2.02. The molecule has 0 aliphatic rings. The monoisotopic (exact) mass is 470 g/mol. The number of nitrogens with one attached hydrogen (secondary N) is 2. The van der Waals surface area contributed by atoms with E-state index in [1.165, 1.54) is 12.4 Å². The summed E-state index contributed by atoms with van der Waals surface area (Å²) in [6, 6.07) is 14.5. The van der Waals surface area contributed by atoms with Gasteiger partial charge in [0.15, 0.2) is 13.2 Å². The van der Waals surface area contributed by atoms with Crippen LogP contribution < -0.4 is 20.1 Å². The van der Waals surface area contributed by atoms with Crippen molar-refractivity contribution in [3.63, 3.8) is 0 Å². The molecular weight excluding hydrogens is 440 g/mol. The van der Waals surface area contributed by atoms with Crippen molar-refractivity contribution in [2.75, 3.05) is 40.5 Å². The smallest absolute Gasteiger partial charge is 0.260 e. The molecule has 0 atom stereocenters. The van der Waals surface area contributed by atoms with Crippen LogP contribution in [0.4, 0.5) is 0 Å². The molecule has 0 radical (unpaired) electrons. The van der Waals surface area contributed by atoms with Gasteiger partial charge in [-0.3, -0.25) is 9.59 Å². The van der Waals surface area contributed by atoms with Crippen LogP contribution >= 0.6 is 0 Å². The lowest BCUT2D eigenvalue weighted by molar-refractivity contribution is -0.126. The molecule has 2 N–H and O–H groups in total. The Bertz CT molecular complexity index is 852. The molecule has 0 bridgehead atoms. The number of methoxy groups -OCH3 is 2. The highest BCUT2D eigenvalue weighted by molar-refractivity contribution is 5.80. The molecule has 0 saturated heterocycles. The van der Waals surface area contributed by atoms with Crippen LogP contribution in [0.2, 0.25) is 0 Å². The van der Waals surface area contributed by atoms with Crippen molar-refractivity contribution in [2.45, 2.75) is 12.8 Å². The Kier molecular flexibility index (Phi) is 12.1. The summed E-state index contributed by atoms with van der Waals surface area (Å²) < 4.78 is 10.2. The van der Waals surface area contributed by atoms with Crippen molar-refractivity contribution in [2.24, 2.45) is 10.3 Å². The maximum atomic E-state index is 11.7. The van der Waals surface area contributed by atoms with Gasteiger partial charge >= 0.3 is 0 Å². The van der Waals surface area contributed by atoms with E-state index in [0.717, 1.165) is 22.6 Å². The fourth-order valence-electron chi connectivity index (χ4n) is 2.58. The van der Waals surface area contributed by atoms with E-state index in [-0.39, 0.29) is 25.0 Å². The zero-order valence-electron chi connectivity index (χ0n) is 19.4. The number of oxime groups is 2. The molecule has 0 heterocycles. The number of benzene rings is 2. The fourth-order valence-corrected chi connectivity index (χ4v) is 2.58. The van der Waals surface area contributed by atoms with Gasteiger partial charge < -0.3 is 29.8 Å². The number of unbranched alkanes of at least 4 members (excludes halogenated alkanes) is 1. The topological polar surface area (TPSA) is 120 Å². The Morgan fingerprint density at radius 1 is 0.706 bits per heavy atom. The highest BCUT2D eigenvalue weighted by Crippen LogP contribution is 2.10. The van der Waals surface area contributed by atoms with Crippen LogP contribution in [-0.2, 0) is 19.3 Å². The first kappa shape index (κ1) is 26.2. The first-order valence-electron chi connectivity index (χ1n) is 10.7. The minimum absolute atomic E-state index is 0.169. The molecule has 2 aromatic rings. The molecule has 2 rings (SSSR count). The fraction of sp³-hybridized carbons (Fsp3) is 0.333. The van der Waals surface area contributed by atoms with Gasteiger partial charge in [-0.05, 0) is 72.5 Å². The van der Waals surface area contributed by atoms with E-state index in [9.17, 15) is 9.59 Å². The molecule has 2 amide bonds. The lowest BCUT2D eigenvalue weighted by Gasteiger charge is -2.06. The van der Waals surface area contributed by atoms with Gasteiger partial charge in [0.2, 0.25) is 0 Å². The molecule has 10 heteroatoms. The minimum Gasteiger partial charge on any atom is -0.497 e. The summed E-state index contributed by atoms with van der Waals surface area (Å²) in [6.07, 6.45) is 4.45. The largest absolute Gasteiger partial charge is 0.497 e. The Morgan fingerprint density at radius 3 is 1.44 bits per heavy atom. The van der Waals surface area contributed by atoms with E-state index in [0.29, 0.717) is 25.9 Å². The van der Waals surface area contributed by atoms with Crippen LogP contribution in [0.25, 0.3) is 0 Å². The van der Waals surface area contributed by atoms with Gasteiger partial charge in [-0.1, -0.05) is 10.3 Å². The molecule has 0 unspecified atom stereocenters. The van der Waals surface area contributed by atoms with Crippen molar-refractivity contribution < 1.29 is 28.7 Å². The standard InChI is InChI=1S/C24H30N4O6/c1-31-21-9-5-19(6-10-21)15-27-33-17-23(29)25-13-3-4-14-26-24(30)18-34-28-16-20-7-11-22(32-2)12-8-20/h5-12,15-16H,3-4,13-14,17-18H2,1-2H3,(H,25,29)(H,26,30)/b27-15-,28-16-. The van der Waals surface area contributed by atoms with Crippen molar-refractivity contribution in [1.29, 1.82) is 0 Å². The van der Waals surface area contributed by atoms with Crippen LogP contribution in [0.3, 0.4) is 0 Å². The van der Waals surface area contributed by atoms with Gasteiger partial charge in [0, 0.05) is 13.1 Å². The highest BCUT2D eigenvalue weighted by atomic mass is 16.6. The molecule has 0 aromatic heterocycles. The number of hydrogen-bond donors (Lipinski definition) is 2. The number of carbonyl (C=O) groups excluding carboxylic acids is 2. The lowest BCUT2D eigenvalue weighted by atomic mass is 10.2. The molecule has 34 heavy (non-hydrogen) atoms. The third-order valence-corrected chi connectivity index (χ3v) is 4.42. The second-order valence-electron chi connectivity index (χ2n) is 6.97. The summed E-state index contributed by atoms with van der Waals surface area (Å²) in [5.41, 5.74) is 1.66. The Labute approximate surface area is 198 Å². The van der Waals surface area contributed by atoms with Crippen molar-refractivity contribution >= 4 is 24.2 Å². The zero-order valence-corrected chi connectivity index (χ0v) is 19.4. The minimum atomic E-state index is -0.265. The average molecular weight is 471 g/mol. The predicted molar refractivity (Wildman–Crippen MR) is 128 cm³/mol. The Morgan fingerprint density at radius 2 is 1.09 bits per heavy atom. The third-order valence-electron chi connectivity index (χ3n) is 4.42. The molecule has 182 valence electrons. The first-order valence-corrected chi connectivity index (χ1v) is 10.7. The first-order chi connectivity index (χ1) is 16.6. The molecule has 10 nitrogen and oxygen atoms in total. The van der Waals surface area contributed by atoms with Gasteiger partial charge in [-0.2, -0.15) is 0 Å². The van der Waals surface area contributed by atoms with Crippen molar-refractivity contribution in [3.8, 4) is 11.5 Å². The number of amides is 2. The second-order valence-corrected chi connectivity index (χ2v) is 6.97. The summed E-state index contributed by atoms with van der Waals surface area (Å²) >= 11 is 0. The van der Waals surface area contributed by atoms with E-state index in [1.807, 2.05) is 48.5 Å². The number of carbonyl (C=O) groups is 2. The Hall–Kier alpha value is -4.08. The summed E-state index contributed by atoms with van der Waals surface area (Å²) in [5, 5.41) is 13.0. The van der Waals surface area contributed by atoms with E-state index in [1.54, 1.807) is 14.2 Å². The number of nitrogens with zero attached hydrogens (tertiary/aromatic N) is 2. The van der Waals surface area contributed by atoms with E-state index in [4.69, 9.17) is 19.1 Å². The molecule has 0 saturated carbocycles. The van der Waals surface area contributed by atoms with Crippen LogP contribution in [0, 0.1) is 0 Å². The van der Waals surface area contributed by atoms with Gasteiger partial charge in [0.05, 0.1) is 26.6 Å². The van der Waals surface area contributed by atoms with Gasteiger partial charge in [-0.25, -0.2) is 0 Å². The number of rotatable bonds is 15. The third kappa shape index (κ3) is 11.0. The van der Waals surface area contributed by atoms with E-state index >= 15 is 0 Å². The second kappa shape index (κ2) is 15.7. The zero-order chi connectivity index (χ0) is 24.4. The van der Waals surface area contributed by atoms with Crippen LogP contribution in [-0.4, -0.2) is 64.8 Å². The maximum Gasteiger partial charge on any atom is 0.260 e. The summed E-state index contributed by atoms with van der Waals surface area (Å²) in [6.45, 7) is 0.612. The van der Waals surface area contributed by atoms with Gasteiger partial charge in [0.25, 0.3) is 11.8 Å². The van der Waals surface area contributed by atoms with Crippen LogP contribution in [0.1, 0.15) is 24.0 Å². The molecule has 0 aliphatic carbocycles. The molecule has 2 aromatic carbocycles. The molecule has 0 aliphatic heterocycles. The van der Waals surface area contributed by atoms with Crippen molar-refractivity contribution in [1.82, 2.24) is 10.6 Å². The van der Waals surface area contributed by atoms with Crippen LogP contribution in [0.5, 0.6) is 11.5 Å². The number of hydrogen-bond acceptors (Lipinski definition) is 8. The Balaban J connectivity index is 1.45. The molecule has 0 spiro atoms. The quantitative estimate of drug-likeness (QED) is 0.234. The van der Waals surface area contributed by atoms with Crippen molar-refractivity contribution in [3.05, 3.63) is 59.7 Å². The summed E-state index contributed by atoms with van der Waals surface area (Å²) in [5.74, 6) is 0.971. The van der Waals surface area contributed by atoms with Crippen LogP contribution in [0.15, 0.2) is 58.8 Å². The number of ether oxygens (including phenoxy) is 2. The van der Waals surface area contributed by atoms with Gasteiger partial charge in [-0.15, -0.1) is 0 Å². The average Bonchev–Trinajstić information content (AvgIpc) is 2.87.